The monoisotopic (exact) mass is 159 g/mol. The highest BCUT2D eigenvalue weighted by molar-refractivity contribution is 4.54. The molecule has 1 atom stereocenters. The molecular weight excluding hydrogens is 138 g/mol. The summed E-state index contributed by atoms with van der Waals surface area (Å²) < 4.78 is 5.54. The summed E-state index contributed by atoms with van der Waals surface area (Å²) >= 11 is 0. The topological polar surface area (TPSA) is 21.3 Å². The second-order valence-electron chi connectivity index (χ2n) is 3.17. The predicted octanol–water partition coefficient (Wildman–Crippen LogP) is 1.66. The first-order chi connectivity index (χ1) is 5.18. The molecule has 0 aliphatic carbocycles. The van der Waals surface area contributed by atoms with Gasteiger partial charge in [-0.25, -0.2) is 0 Å². The summed E-state index contributed by atoms with van der Waals surface area (Å²) in [5, 5.41) is 3.22. The molecule has 0 heterocycles. The lowest BCUT2D eigenvalue weighted by Crippen LogP contribution is -2.23. The Kier molecular flexibility index (Phi) is 6.57. The van der Waals surface area contributed by atoms with Crippen molar-refractivity contribution in [2.75, 3.05) is 19.7 Å². The molecule has 0 bridgehead atoms. The van der Waals surface area contributed by atoms with Crippen LogP contribution < -0.4 is 5.32 Å². The third-order valence-corrected chi connectivity index (χ3v) is 1.85. The molecule has 0 amide bonds. The fourth-order valence-corrected chi connectivity index (χ4v) is 0.686. The van der Waals surface area contributed by atoms with Gasteiger partial charge in [-0.15, -0.1) is 0 Å². The van der Waals surface area contributed by atoms with Crippen LogP contribution in [0.2, 0.25) is 0 Å². The summed E-state index contributed by atoms with van der Waals surface area (Å²) in [5.74, 6) is 0.622. The van der Waals surface area contributed by atoms with Gasteiger partial charge in [0, 0.05) is 6.54 Å². The van der Waals surface area contributed by atoms with E-state index in [1.54, 1.807) is 0 Å². The maximum absolute atomic E-state index is 5.54. The highest BCUT2D eigenvalue weighted by atomic mass is 16.5. The van der Waals surface area contributed by atoms with Gasteiger partial charge in [-0.05, 0) is 19.4 Å². The van der Waals surface area contributed by atoms with Crippen LogP contribution in [-0.4, -0.2) is 25.8 Å². The van der Waals surface area contributed by atoms with Crippen LogP contribution in [-0.2, 0) is 4.74 Å². The molecule has 0 aromatic carbocycles. The molecule has 0 fully saturated rings. The van der Waals surface area contributed by atoms with Gasteiger partial charge < -0.3 is 10.1 Å². The molecule has 1 N–H and O–H groups in total. The third-order valence-electron chi connectivity index (χ3n) is 1.85. The van der Waals surface area contributed by atoms with E-state index in [-0.39, 0.29) is 0 Å². The van der Waals surface area contributed by atoms with Crippen molar-refractivity contribution in [3.05, 3.63) is 0 Å². The molecule has 0 saturated heterocycles. The molecule has 0 aromatic heterocycles. The van der Waals surface area contributed by atoms with Crippen molar-refractivity contribution in [2.45, 2.75) is 33.8 Å². The van der Waals surface area contributed by atoms with Crippen molar-refractivity contribution in [1.29, 1.82) is 0 Å². The summed E-state index contributed by atoms with van der Waals surface area (Å²) in [5.41, 5.74) is 0. The highest BCUT2D eigenvalue weighted by Crippen LogP contribution is 2.03. The van der Waals surface area contributed by atoms with Gasteiger partial charge in [0.25, 0.3) is 0 Å². The van der Waals surface area contributed by atoms with E-state index in [4.69, 9.17) is 4.74 Å². The molecule has 0 aliphatic rings. The minimum Gasteiger partial charge on any atom is -0.377 e. The summed E-state index contributed by atoms with van der Waals surface area (Å²) in [6.07, 6.45) is 0.383. The van der Waals surface area contributed by atoms with Crippen LogP contribution in [0.3, 0.4) is 0 Å². The second-order valence-corrected chi connectivity index (χ2v) is 3.17. The molecule has 0 spiro atoms. The van der Waals surface area contributed by atoms with Crippen LogP contribution in [0, 0.1) is 5.92 Å². The largest absolute Gasteiger partial charge is 0.377 e. The van der Waals surface area contributed by atoms with Crippen molar-refractivity contribution in [2.24, 2.45) is 5.92 Å². The van der Waals surface area contributed by atoms with Crippen molar-refractivity contribution < 1.29 is 4.74 Å². The molecule has 68 valence electrons. The first-order valence-electron chi connectivity index (χ1n) is 4.50. The molecule has 0 radical (unpaired) electrons. The Labute approximate surface area is 70.3 Å². The molecule has 0 saturated carbocycles. The van der Waals surface area contributed by atoms with Crippen molar-refractivity contribution in [1.82, 2.24) is 5.32 Å². The Balaban J connectivity index is 3.10. The van der Waals surface area contributed by atoms with Gasteiger partial charge in [0.1, 0.15) is 0 Å². The van der Waals surface area contributed by atoms with Crippen LogP contribution in [0.4, 0.5) is 0 Å². The van der Waals surface area contributed by atoms with E-state index in [0.29, 0.717) is 12.0 Å². The van der Waals surface area contributed by atoms with Gasteiger partial charge in [0.05, 0.1) is 12.7 Å². The van der Waals surface area contributed by atoms with E-state index < -0.39 is 0 Å². The average Bonchev–Trinajstić information content (AvgIpc) is 1.97. The fraction of sp³-hybridized carbons (Fsp3) is 1.00. The molecular formula is C9H21NO. The SMILES string of the molecule is CCNCCOC(C)C(C)C. The van der Waals surface area contributed by atoms with Gasteiger partial charge in [-0.1, -0.05) is 20.8 Å². The van der Waals surface area contributed by atoms with Gasteiger partial charge in [-0.2, -0.15) is 0 Å². The van der Waals surface area contributed by atoms with Crippen molar-refractivity contribution in [3.63, 3.8) is 0 Å². The van der Waals surface area contributed by atoms with Gasteiger partial charge in [0.15, 0.2) is 0 Å². The molecule has 1 unspecified atom stereocenters. The van der Waals surface area contributed by atoms with E-state index in [0.717, 1.165) is 19.7 Å². The molecule has 2 nitrogen and oxygen atoms in total. The Morgan fingerprint density at radius 2 is 1.91 bits per heavy atom. The number of hydrogen-bond donors (Lipinski definition) is 1. The normalized spacial score (nSPS) is 13.9. The van der Waals surface area contributed by atoms with Gasteiger partial charge in [0.2, 0.25) is 0 Å². The zero-order valence-corrected chi connectivity index (χ0v) is 8.18. The van der Waals surface area contributed by atoms with Crippen molar-refractivity contribution >= 4 is 0 Å². The lowest BCUT2D eigenvalue weighted by Gasteiger charge is -2.16. The van der Waals surface area contributed by atoms with Crippen molar-refractivity contribution in [3.8, 4) is 0 Å². The second kappa shape index (κ2) is 6.62. The molecule has 2 heteroatoms. The first kappa shape index (κ1) is 10.9. The Bertz CT molecular complexity index is 83.6. The van der Waals surface area contributed by atoms with Crippen LogP contribution >= 0.6 is 0 Å². The van der Waals surface area contributed by atoms with E-state index in [9.17, 15) is 0 Å². The number of ether oxygens (including phenoxy) is 1. The van der Waals surface area contributed by atoms with Crippen LogP contribution in [0.25, 0.3) is 0 Å². The van der Waals surface area contributed by atoms with E-state index in [1.807, 2.05) is 0 Å². The summed E-state index contributed by atoms with van der Waals surface area (Å²) in [6, 6.07) is 0. The smallest absolute Gasteiger partial charge is 0.0594 e. The quantitative estimate of drug-likeness (QED) is 0.595. The van der Waals surface area contributed by atoms with Crippen LogP contribution in [0.1, 0.15) is 27.7 Å². The average molecular weight is 159 g/mol. The lowest BCUT2D eigenvalue weighted by atomic mass is 10.1. The minimum atomic E-state index is 0.383. The molecule has 0 aromatic rings. The number of nitrogens with one attached hydrogen (secondary N) is 1. The highest BCUT2D eigenvalue weighted by Gasteiger charge is 2.05. The Morgan fingerprint density at radius 1 is 1.27 bits per heavy atom. The molecule has 0 aliphatic heterocycles. The number of rotatable bonds is 6. The van der Waals surface area contributed by atoms with Crippen LogP contribution in [0.5, 0.6) is 0 Å². The maximum atomic E-state index is 5.54. The van der Waals surface area contributed by atoms with Gasteiger partial charge >= 0.3 is 0 Å². The zero-order chi connectivity index (χ0) is 8.69. The first-order valence-corrected chi connectivity index (χ1v) is 4.50. The van der Waals surface area contributed by atoms with E-state index in [1.165, 1.54) is 0 Å². The maximum Gasteiger partial charge on any atom is 0.0594 e. The molecule has 0 rings (SSSR count). The fourth-order valence-electron chi connectivity index (χ4n) is 0.686. The summed E-state index contributed by atoms with van der Waals surface area (Å²) in [4.78, 5) is 0. The number of likely N-dealkylation sites (N-methyl/N-ethyl adjacent to an activating group) is 1. The summed E-state index contributed by atoms with van der Waals surface area (Å²) in [7, 11) is 0. The third kappa shape index (κ3) is 6.32. The zero-order valence-electron chi connectivity index (χ0n) is 8.18. The summed E-state index contributed by atoms with van der Waals surface area (Å²) in [6.45, 7) is 11.4. The van der Waals surface area contributed by atoms with Crippen LogP contribution in [0.15, 0.2) is 0 Å². The predicted molar refractivity (Wildman–Crippen MR) is 48.8 cm³/mol. The van der Waals surface area contributed by atoms with E-state index in [2.05, 4.69) is 33.0 Å². The standard InChI is InChI=1S/C9H21NO/c1-5-10-6-7-11-9(4)8(2)3/h8-10H,5-7H2,1-4H3. The minimum absolute atomic E-state index is 0.383. The van der Waals surface area contributed by atoms with Gasteiger partial charge in [-0.3, -0.25) is 0 Å². The van der Waals surface area contributed by atoms with E-state index >= 15 is 0 Å². The Hall–Kier alpha value is -0.0800. The number of hydrogen-bond acceptors (Lipinski definition) is 2. The lowest BCUT2D eigenvalue weighted by molar-refractivity contribution is 0.0376. The molecule has 11 heavy (non-hydrogen) atoms. The Morgan fingerprint density at radius 3 is 2.36 bits per heavy atom.